The van der Waals surface area contributed by atoms with Gasteiger partial charge in [-0.15, -0.1) is 11.8 Å². The van der Waals surface area contributed by atoms with Crippen molar-refractivity contribution >= 4 is 23.6 Å². The van der Waals surface area contributed by atoms with Crippen molar-refractivity contribution in [2.75, 3.05) is 33.7 Å². The number of likely N-dealkylation sites (N-methyl/N-ethyl adjacent to an activating group) is 1. The number of amides is 2. The molecule has 0 spiro atoms. The topological polar surface area (TPSA) is 52.7 Å². The van der Waals surface area contributed by atoms with Crippen molar-refractivity contribution in [3.8, 4) is 0 Å². The van der Waals surface area contributed by atoms with Crippen molar-refractivity contribution in [3.63, 3.8) is 0 Å². The summed E-state index contributed by atoms with van der Waals surface area (Å²) in [7, 11) is 3.77. The first kappa shape index (κ1) is 20.6. The summed E-state index contributed by atoms with van der Waals surface area (Å²) in [5.74, 6) is -0.477. The molecule has 1 saturated heterocycles. The smallest absolute Gasteiger partial charge is 0.353 e. The number of carbonyl (C=O) groups excluding carboxylic acids is 2. The second kappa shape index (κ2) is 8.30. The molecule has 9 heteroatoms. The van der Waals surface area contributed by atoms with Crippen LogP contribution in [0.2, 0.25) is 0 Å². The van der Waals surface area contributed by atoms with Crippen LogP contribution in [-0.4, -0.2) is 60.6 Å². The van der Waals surface area contributed by atoms with Gasteiger partial charge < -0.3 is 15.1 Å². The molecule has 0 radical (unpaired) electrons. The summed E-state index contributed by atoms with van der Waals surface area (Å²) >= 11 is 1.33. The van der Waals surface area contributed by atoms with E-state index in [4.69, 9.17) is 0 Å². The Morgan fingerprint density at radius 1 is 1.27 bits per heavy atom. The first-order chi connectivity index (χ1) is 12.1. The molecular weight excluding hydrogens is 367 g/mol. The lowest BCUT2D eigenvalue weighted by Gasteiger charge is -2.24. The summed E-state index contributed by atoms with van der Waals surface area (Å²) in [6.07, 6.45) is -4.41. The highest BCUT2D eigenvalue weighted by Gasteiger charge is 2.39. The van der Waals surface area contributed by atoms with Gasteiger partial charge in [0.1, 0.15) is 11.9 Å². The number of thioether (sulfide) groups is 1. The molecule has 2 rings (SSSR count). The standard InChI is InChI=1S/C17H22F3N3O2S/c1-11-15(25)23(10-14(24)21-8-9-22(2)3)16(26-11)12-4-6-13(7-5-12)17(18,19)20/h4-7,11,16H,8-10H2,1-3H3,(H,21,24)/t11-,16+/m1/s1. The van der Waals surface area contributed by atoms with Crippen LogP contribution in [0.15, 0.2) is 24.3 Å². The Kier molecular flexibility index (Phi) is 6.57. The number of hydrogen-bond acceptors (Lipinski definition) is 4. The Balaban J connectivity index is 2.08. The number of carbonyl (C=O) groups is 2. The number of alkyl halides is 3. The Bertz CT molecular complexity index is 650. The number of hydrogen-bond donors (Lipinski definition) is 1. The molecule has 1 aromatic rings. The zero-order valence-corrected chi connectivity index (χ0v) is 15.7. The van der Waals surface area contributed by atoms with Gasteiger partial charge in [0.25, 0.3) is 0 Å². The van der Waals surface area contributed by atoms with Crippen LogP contribution in [0.1, 0.15) is 23.4 Å². The van der Waals surface area contributed by atoms with Gasteiger partial charge in [0.05, 0.1) is 10.8 Å². The minimum Gasteiger partial charge on any atom is -0.353 e. The molecule has 0 aromatic heterocycles. The second-order valence-corrected chi connectivity index (χ2v) is 7.80. The normalized spacial score (nSPS) is 20.7. The van der Waals surface area contributed by atoms with Gasteiger partial charge in [-0.1, -0.05) is 12.1 Å². The first-order valence-corrected chi connectivity index (χ1v) is 9.08. The Morgan fingerprint density at radius 2 is 1.88 bits per heavy atom. The molecule has 1 aliphatic heterocycles. The van der Waals surface area contributed by atoms with E-state index in [0.717, 1.165) is 12.1 Å². The molecule has 1 N–H and O–H groups in total. The van der Waals surface area contributed by atoms with Crippen LogP contribution in [0.25, 0.3) is 0 Å². The minimum absolute atomic E-state index is 0.116. The molecule has 0 bridgehead atoms. The van der Waals surface area contributed by atoms with Crippen LogP contribution in [0.3, 0.4) is 0 Å². The summed E-state index contributed by atoms with van der Waals surface area (Å²) < 4.78 is 38.2. The molecule has 0 saturated carbocycles. The van der Waals surface area contributed by atoms with Crippen LogP contribution >= 0.6 is 11.8 Å². The van der Waals surface area contributed by atoms with E-state index in [1.165, 1.54) is 28.8 Å². The number of benzene rings is 1. The van der Waals surface area contributed by atoms with Crippen LogP contribution < -0.4 is 5.32 Å². The number of rotatable bonds is 6. The van der Waals surface area contributed by atoms with Crippen LogP contribution in [0.5, 0.6) is 0 Å². The molecule has 1 heterocycles. The van der Waals surface area contributed by atoms with Crippen LogP contribution in [0, 0.1) is 0 Å². The minimum atomic E-state index is -4.41. The fraction of sp³-hybridized carbons (Fsp3) is 0.529. The van der Waals surface area contributed by atoms with Gasteiger partial charge in [-0.25, -0.2) is 0 Å². The lowest BCUT2D eigenvalue weighted by Crippen LogP contribution is -2.41. The first-order valence-electron chi connectivity index (χ1n) is 8.14. The van der Waals surface area contributed by atoms with E-state index in [0.29, 0.717) is 18.7 Å². The molecule has 144 valence electrons. The van der Waals surface area contributed by atoms with E-state index in [1.807, 2.05) is 19.0 Å². The van der Waals surface area contributed by atoms with E-state index >= 15 is 0 Å². The summed E-state index contributed by atoms with van der Waals surface area (Å²) in [6.45, 7) is 2.75. The van der Waals surface area contributed by atoms with Gasteiger partial charge in [-0.2, -0.15) is 13.2 Å². The maximum atomic E-state index is 12.7. The molecule has 0 unspecified atom stereocenters. The molecule has 1 aliphatic rings. The van der Waals surface area contributed by atoms with Gasteiger partial charge in [0.2, 0.25) is 11.8 Å². The number of nitrogens with one attached hydrogen (secondary N) is 1. The Morgan fingerprint density at radius 3 is 2.42 bits per heavy atom. The van der Waals surface area contributed by atoms with Crippen LogP contribution in [-0.2, 0) is 15.8 Å². The summed E-state index contributed by atoms with van der Waals surface area (Å²) in [5, 5.41) is 1.92. The highest BCUT2D eigenvalue weighted by molar-refractivity contribution is 8.01. The molecule has 2 atom stereocenters. The van der Waals surface area contributed by atoms with Gasteiger partial charge >= 0.3 is 6.18 Å². The van der Waals surface area contributed by atoms with Crippen LogP contribution in [0.4, 0.5) is 13.2 Å². The van der Waals surface area contributed by atoms with Crippen molar-refractivity contribution in [2.45, 2.75) is 23.7 Å². The number of nitrogens with zero attached hydrogens (tertiary/aromatic N) is 2. The summed E-state index contributed by atoms with van der Waals surface area (Å²) in [5.41, 5.74) is -0.168. The maximum absolute atomic E-state index is 12.7. The second-order valence-electron chi connectivity index (χ2n) is 6.37. The average molecular weight is 389 g/mol. The fourth-order valence-electron chi connectivity index (χ4n) is 2.56. The quantitative estimate of drug-likeness (QED) is 0.812. The third-order valence-electron chi connectivity index (χ3n) is 3.97. The van der Waals surface area contributed by atoms with E-state index < -0.39 is 17.1 Å². The monoisotopic (exact) mass is 389 g/mol. The molecule has 0 aliphatic carbocycles. The Hall–Kier alpha value is -1.74. The van der Waals surface area contributed by atoms with E-state index in [2.05, 4.69) is 5.32 Å². The van der Waals surface area contributed by atoms with Crippen molar-refractivity contribution in [1.82, 2.24) is 15.1 Å². The number of halogens is 3. The lowest BCUT2D eigenvalue weighted by atomic mass is 10.1. The molecule has 5 nitrogen and oxygen atoms in total. The van der Waals surface area contributed by atoms with E-state index in [1.54, 1.807) is 6.92 Å². The predicted molar refractivity (Wildman–Crippen MR) is 94.5 cm³/mol. The third-order valence-corrected chi connectivity index (χ3v) is 5.36. The van der Waals surface area contributed by atoms with Gasteiger partial charge in [-0.3, -0.25) is 9.59 Å². The summed E-state index contributed by atoms with van der Waals surface area (Å²) in [4.78, 5) is 27.8. The lowest BCUT2D eigenvalue weighted by molar-refractivity contribution is -0.137. The third kappa shape index (κ3) is 5.14. The Labute approximate surface area is 154 Å². The predicted octanol–water partition coefficient (Wildman–Crippen LogP) is 2.35. The molecule has 2 amide bonds. The van der Waals surface area contributed by atoms with Crippen molar-refractivity contribution in [2.24, 2.45) is 0 Å². The van der Waals surface area contributed by atoms with E-state index in [9.17, 15) is 22.8 Å². The zero-order chi connectivity index (χ0) is 19.5. The van der Waals surface area contributed by atoms with Gasteiger partial charge in [0, 0.05) is 13.1 Å². The molecule has 1 fully saturated rings. The average Bonchev–Trinajstić information content (AvgIpc) is 2.82. The molecule has 1 aromatic carbocycles. The molecule has 26 heavy (non-hydrogen) atoms. The highest BCUT2D eigenvalue weighted by Crippen LogP contribution is 2.43. The highest BCUT2D eigenvalue weighted by atomic mass is 32.2. The van der Waals surface area contributed by atoms with Crippen molar-refractivity contribution < 1.29 is 22.8 Å². The SMILES string of the molecule is C[C@H]1S[C@@H](c2ccc(C(F)(F)F)cc2)N(CC(=O)NCCN(C)C)C1=O. The maximum Gasteiger partial charge on any atom is 0.416 e. The van der Waals surface area contributed by atoms with Crippen molar-refractivity contribution in [1.29, 1.82) is 0 Å². The van der Waals surface area contributed by atoms with Crippen molar-refractivity contribution in [3.05, 3.63) is 35.4 Å². The van der Waals surface area contributed by atoms with Gasteiger partial charge in [0.15, 0.2) is 0 Å². The fourth-order valence-corrected chi connectivity index (χ4v) is 3.84. The molecular formula is C17H22F3N3O2S. The zero-order valence-electron chi connectivity index (χ0n) is 14.8. The van der Waals surface area contributed by atoms with E-state index in [-0.39, 0.29) is 23.6 Å². The largest absolute Gasteiger partial charge is 0.416 e. The van der Waals surface area contributed by atoms with Gasteiger partial charge in [-0.05, 0) is 38.7 Å². The summed E-state index contributed by atoms with van der Waals surface area (Å²) in [6, 6.07) is 4.73.